The summed E-state index contributed by atoms with van der Waals surface area (Å²) in [5.41, 5.74) is 0.0645. The summed E-state index contributed by atoms with van der Waals surface area (Å²) in [6.07, 6.45) is 6.27. The molecule has 1 aromatic heterocycles. The summed E-state index contributed by atoms with van der Waals surface area (Å²) in [6.45, 7) is 12.9. The van der Waals surface area contributed by atoms with Gasteiger partial charge in [-0.25, -0.2) is 0 Å². The Labute approximate surface area is 163 Å². The van der Waals surface area contributed by atoms with Gasteiger partial charge < -0.3 is 10.6 Å². The third-order valence-electron chi connectivity index (χ3n) is 4.99. The molecular formula is C21H36N2O2S. The molecule has 1 heterocycles. The van der Waals surface area contributed by atoms with Gasteiger partial charge in [0.25, 0.3) is 0 Å². The maximum Gasteiger partial charge on any atom is 0.225 e. The van der Waals surface area contributed by atoms with Crippen LogP contribution in [-0.2, 0) is 9.59 Å². The van der Waals surface area contributed by atoms with Crippen molar-refractivity contribution in [3.05, 3.63) is 12.1 Å². The highest BCUT2D eigenvalue weighted by Crippen LogP contribution is 2.33. The first-order chi connectivity index (χ1) is 12.1. The van der Waals surface area contributed by atoms with Gasteiger partial charge in [0.1, 0.15) is 0 Å². The highest BCUT2D eigenvalue weighted by molar-refractivity contribution is 7.20. The van der Waals surface area contributed by atoms with Gasteiger partial charge in [0, 0.05) is 12.8 Å². The molecule has 26 heavy (non-hydrogen) atoms. The van der Waals surface area contributed by atoms with Crippen LogP contribution in [-0.4, -0.2) is 11.8 Å². The van der Waals surface area contributed by atoms with Crippen LogP contribution >= 0.6 is 11.3 Å². The van der Waals surface area contributed by atoms with Crippen LogP contribution in [0.5, 0.6) is 0 Å². The van der Waals surface area contributed by atoms with Gasteiger partial charge in [-0.3, -0.25) is 9.59 Å². The Hall–Kier alpha value is -1.36. The highest BCUT2D eigenvalue weighted by atomic mass is 32.1. The molecular weight excluding hydrogens is 344 g/mol. The molecule has 0 bridgehead atoms. The third kappa shape index (κ3) is 7.90. The molecule has 0 saturated carbocycles. The highest BCUT2D eigenvalue weighted by Gasteiger charge is 2.25. The van der Waals surface area contributed by atoms with Crippen LogP contribution in [0, 0.1) is 10.8 Å². The lowest BCUT2D eigenvalue weighted by Gasteiger charge is -2.26. The van der Waals surface area contributed by atoms with Crippen LogP contribution < -0.4 is 10.6 Å². The monoisotopic (exact) mass is 380 g/mol. The minimum Gasteiger partial charge on any atom is -0.318 e. The van der Waals surface area contributed by atoms with E-state index in [9.17, 15) is 9.59 Å². The second kappa shape index (κ2) is 10.1. The fraction of sp³-hybridized carbons (Fsp3) is 0.714. The van der Waals surface area contributed by atoms with Crippen LogP contribution in [0.2, 0.25) is 0 Å². The predicted molar refractivity (Wildman–Crippen MR) is 113 cm³/mol. The van der Waals surface area contributed by atoms with E-state index in [1.165, 1.54) is 11.3 Å². The van der Waals surface area contributed by atoms with Crippen LogP contribution in [0.3, 0.4) is 0 Å². The Balaban J connectivity index is 2.57. The van der Waals surface area contributed by atoms with E-state index in [1.807, 2.05) is 12.1 Å². The third-order valence-corrected chi connectivity index (χ3v) is 5.91. The van der Waals surface area contributed by atoms with Crippen LogP contribution in [0.1, 0.15) is 86.5 Å². The lowest BCUT2D eigenvalue weighted by atomic mass is 9.79. The van der Waals surface area contributed by atoms with E-state index in [-0.39, 0.29) is 22.6 Å². The smallest absolute Gasteiger partial charge is 0.225 e. The lowest BCUT2D eigenvalue weighted by molar-refractivity contribution is -0.119. The molecule has 0 aromatic carbocycles. The van der Waals surface area contributed by atoms with Crippen LogP contribution in [0.25, 0.3) is 0 Å². The van der Waals surface area contributed by atoms with Crippen LogP contribution in [0.15, 0.2) is 12.1 Å². The number of hydrogen-bond acceptors (Lipinski definition) is 3. The quantitative estimate of drug-likeness (QED) is 0.463. The molecule has 1 atom stereocenters. The Kier molecular flexibility index (Phi) is 8.81. The van der Waals surface area contributed by atoms with Crippen molar-refractivity contribution in [2.24, 2.45) is 10.8 Å². The van der Waals surface area contributed by atoms with Gasteiger partial charge in [-0.1, -0.05) is 60.8 Å². The summed E-state index contributed by atoms with van der Waals surface area (Å²) in [5, 5.41) is 7.51. The fourth-order valence-corrected chi connectivity index (χ4v) is 4.26. The normalized spacial score (nSPS) is 13.9. The first-order valence-electron chi connectivity index (χ1n) is 9.82. The Morgan fingerprint density at radius 1 is 0.885 bits per heavy atom. The Bertz CT molecular complexity index is 595. The summed E-state index contributed by atoms with van der Waals surface area (Å²) in [4.78, 5) is 24.6. The molecule has 5 heteroatoms. The van der Waals surface area contributed by atoms with Crippen molar-refractivity contribution < 1.29 is 9.59 Å². The van der Waals surface area contributed by atoms with E-state index in [1.54, 1.807) is 0 Å². The van der Waals surface area contributed by atoms with Gasteiger partial charge in [0.15, 0.2) is 0 Å². The number of carbonyl (C=O) groups is 2. The second-order valence-electron chi connectivity index (χ2n) is 8.44. The van der Waals surface area contributed by atoms with Crippen molar-refractivity contribution in [3.63, 3.8) is 0 Å². The van der Waals surface area contributed by atoms with Crippen molar-refractivity contribution in [1.82, 2.24) is 0 Å². The SMILES string of the molecule is CCCC(C)(C)CC(=O)Nc1ccc(NC(=O)CC(C)(CC)CCC)s1. The van der Waals surface area contributed by atoms with Gasteiger partial charge in [-0.2, -0.15) is 0 Å². The fourth-order valence-electron chi connectivity index (χ4n) is 3.42. The van der Waals surface area contributed by atoms with Gasteiger partial charge in [-0.05, 0) is 35.8 Å². The number of anilines is 2. The molecule has 4 nitrogen and oxygen atoms in total. The number of rotatable bonds is 11. The Morgan fingerprint density at radius 2 is 1.38 bits per heavy atom. The van der Waals surface area contributed by atoms with Crippen molar-refractivity contribution in [3.8, 4) is 0 Å². The van der Waals surface area contributed by atoms with E-state index < -0.39 is 0 Å². The predicted octanol–water partition coefficient (Wildman–Crippen LogP) is 6.45. The van der Waals surface area contributed by atoms with Gasteiger partial charge >= 0.3 is 0 Å². The zero-order chi connectivity index (χ0) is 19.8. The molecule has 0 radical (unpaired) electrons. The lowest BCUT2D eigenvalue weighted by Crippen LogP contribution is -2.24. The number of amides is 2. The number of hydrogen-bond donors (Lipinski definition) is 2. The minimum atomic E-state index is 0.0109. The second-order valence-corrected chi connectivity index (χ2v) is 9.53. The van der Waals surface area contributed by atoms with E-state index in [2.05, 4.69) is 52.2 Å². The molecule has 1 unspecified atom stereocenters. The van der Waals surface area contributed by atoms with Crippen molar-refractivity contribution in [1.29, 1.82) is 0 Å². The molecule has 1 aromatic rings. The van der Waals surface area contributed by atoms with E-state index >= 15 is 0 Å². The maximum absolute atomic E-state index is 12.4. The van der Waals surface area contributed by atoms with E-state index in [0.29, 0.717) is 12.8 Å². The molecule has 0 saturated heterocycles. The number of carbonyl (C=O) groups excluding carboxylic acids is 2. The maximum atomic E-state index is 12.4. The summed E-state index contributed by atoms with van der Waals surface area (Å²) < 4.78 is 0. The standard InChI is InChI=1S/C21H36N2O2S/c1-7-12-20(4,5)14-16(24)22-18-10-11-19(26-18)23-17(25)15-21(6,9-3)13-8-2/h10-11H,7-9,12-15H2,1-6H3,(H,22,24)(H,23,25). The topological polar surface area (TPSA) is 58.2 Å². The van der Waals surface area contributed by atoms with Crippen molar-refractivity contribution in [2.75, 3.05) is 10.6 Å². The molecule has 2 amide bonds. The van der Waals surface area contributed by atoms with E-state index in [4.69, 9.17) is 0 Å². The minimum absolute atomic E-state index is 0.0109. The van der Waals surface area contributed by atoms with E-state index in [0.717, 1.165) is 42.1 Å². The molecule has 0 aliphatic carbocycles. The average Bonchev–Trinajstić information content (AvgIpc) is 2.93. The first-order valence-corrected chi connectivity index (χ1v) is 10.6. The molecule has 0 fully saturated rings. The Morgan fingerprint density at radius 3 is 1.85 bits per heavy atom. The summed E-state index contributed by atoms with van der Waals surface area (Å²) in [5.74, 6) is 0.0799. The zero-order valence-electron chi connectivity index (χ0n) is 17.3. The number of nitrogens with one attached hydrogen (secondary N) is 2. The molecule has 0 aliphatic rings. The average molecular weight is 381 g/mol. The summed E-state index contributed by atoms with van der Waals surface area (Å²) in [6, 6.07) is 3.72. The van der Waals surface area contributed by atoms with Gasteiger partial charge in [-0.15, -0.1) is 11.3 Å². The van der Waals surface area contributed by atoms with Crippen LogP contribution in [0.4, 0.5) is 10.0 Å². The van der Waals surface area contributed by atoms with Gasteiger partial charge in [0.05, 0.1) is 10.0 Å². The van der Waals surface area contributed by atoms with Gasteiger partial charge in [0.2, 0.25) is 11.8 Å². The summed E-state index contributed by atoms with van der Waals surface area (Å²) in [7, 11) is 0. The first kappa shape index (κ1) is 22.7. The largest absolute Gasteiger partial charge is 0.318 e. The molecule has 0 spiro atoms. The molecule has 0 aliphatic heterocycles. The van der Waals surface area contributed by atoms with Crippen molar-refractivity contribution in [2.45, 2.75) is 86.5 Å². The molecule has 2 N–H and O–H groups in total. The van der Waals surface area contributed by atoms with Crippen molar-refractivity contribution >= 4 is 33.2 Å². The zero-order valence-corrected chi connectivity index (χ0v) is 18.1. The molecule has 1 rings (SSSR count). The summed E-state index contributed by atoms with van der Waals surface area (Å²) >= 11 is 1.41. The molecule has 148 valence electrons. The number of thiophene rings is 1.